The molecule has 0 aromatic heterocycles. The smallest absolute Gasteiger partial charge is 0.150 e. The van der Waals surface area contributed by atoms with Gasteiger partial charge in [-0.05, 0) is 29.3 Å². The summed E-state index contributed by atoms with van der Waals surface area (Å²) in [6.45, 7) is 0. The van der Waals surface area contributed by atoms with Crippen molar-refractivity contribution in [3.8, 4) is 11.1 Å². The van der Waals surface area contributed by atoms with Crippen LogP contribution in [0.15, 0.2) is 42.5 Å². The molecule has 0 unspecified atom stereocenters. The first-order valence-electron chi connectivity index (χ1n) is 4.81. The van der Waals surface area contributed by atoms with Crippen LogP contribution < -0.4 is 5.73 Å². The number of carbonyl (C=O) groups is 1. The van der Waals surface area contributed by atoms with Gasteiger partial charge in [-0.2, -0.15) is 0 Å². The zero-order chi connectivity index (χ0) is 11.5. The van der Waals surface area contributed by atoms with Crippen molar-refractivity contribution in [2.24, 2.45) is 0 Å². The largest absolute Gasteiger partial charge is 0.396 e. The Morgan fingerprint density at radius 3 is 2.50 bits per heavy atom. The van der Waals surface area contributed by atoms with Crippen molar-refractivity contribution >= 4 is 12.0 Å². The first-order valence-corrected chi connectivity index (χ1v) is 4.81. The van der Waals surface area contributed by atoms with E-state index in [4.69, 9.17) is 5.73 Å². The lowest BCUT2D eigenvalue weighted by Gasteiger charge is -2.04. The summed E-state index contributed by atoms with van der Waals surface area (Å²) in [5.41, 5.74) is 7.58. The number of nitrogens with two attached hydrogens (primary N) is 1. The lowest BCUT2D eigenvalue weighted by atomic mass is 10.0. The van der Waals surface area contributed by atoms with Crippen LogP contribution in [-0.4, -0.2) is 6.29 Å². The molecule has 0 atom stereocenters. The van der Waals surface area contributed by atoms with Crippen molar-refractivity contribution in [1.82, 2.24) is 0 Å². The highest BCUT2D eigenvalue weighted by molar-refractivity contribution is 5.79. The monoisotopic (exact) mass is 215 g/mol. The van der Waals surface area contributed by atoms with Crippen LogP contribution in [0.1, 0.15) is 10.4 Å². The highest BCUT2D eigenvalue weighted by Gasteiger charge is 2.03. The van der Waals surface area contributed by atoms with Crippen LogP contribution in [-0.2, 0) is 0 Å². The molecule has 0 saturated heterocycles. The topological polar surface area (TPSA) is 43.1 Å². The lowest BCUT2D eigenvalue weighted by Crippen LogP contribution is -1.90. The molecule has 16 heavy (non-hydrogen) atoms. The van der Waals surface area contributed by atoms with Crippen LogP contribution in [0.3, 0.4) is 0 Å². The number of aldehydes is 1. The van der Waals surface area contributed by atoms with Crippen molar-refractivity contribution in [2.45, 2.75) is 0 Å². The Bertz CT molecular complexity index is 537. The number of carbonyl (C=O) groups excluding carboxylic acids is 1. The third kappa shape index (κ3) is 1.93. The number of rotatable bonds is 2. The number of hydrogen-bond acceptors (Lipinski definition) is 2. The van der Waals surface area contributed by atoms with Crippen molar-refractivity contribution in [3.05, 3.63) is 53.8 Å². The Morgan fingerprint density at radius 2 is 1.81 bits per heavy atom. The molecule has 2 N–H and O–H groups in total. The molecule has 80 valence electrons. The molecule has 0 radical (unpaired) electrons. The number of nitrogen functional groups attached to an aromatic ring is 1. The molecule has 0 fully saturated rings. The van der Waals surface area contributed by atoms with Crippen LogP contribution in [0.5, 0.6) is 0 Å². The maximum Gasteiger partial charge on any atom is 0.150 e. The first kappa shape index (κ1) is 10.4. The number of hydrogen-bond donors (Lipinski definition) is 1. The Labute approximate surface area is 92.5 Å². The van der Waals surface area contributed by atoms with E-state index in [9.17, 15) is 9.18 Å². The summed E-state index contributed by atoms with van der Waals surface area (Å²) < 4.78 is 13.3. The first-order chi connectivity index (χ1) is 7.70. The maximum atomic E-state index is 13.3. The standard InChI is InChI=1S/C13H10FNO/c14-12-7-11(4-5-13(12)15)10-3-1-2-9(6-10)8-16/h1-8H,15H2. The maximum absolute atomic E-state index is 13.3. The molecular weight excluding hydrogens is 205 g/mol. The molecule has 0 heterocycles. The van der Waals surface area contributed by atoms with Gasteiger partial charge in [-0.1, -0.05) is 24.3 Å². The minimum Gasteiger partial charge on any atom is -0.396 e. The molecule has 0 aliphatic heterocycles. The normalized spacial score (nSPS) is 10.1. The number of anilines is 1. The van der Waals surface area contributed by atoms with Gasteiger partial charge in [-0.3, -0.25) is 4.79 Å². The molecule has 2 rings (SSSR count). The Hall–Kier alpha value is -2.16. The van der Waals surface area contributed by atoms with Crippen LogP contribution in [0.2, 0.25) is 0 Å². The highest BCUT2D eigenvalue weighted by Crippen LogP contribution is 2.23. The fourth-order valence-electron chi connectivity index (χ4n) is 1.50. The minimum absolute atomic E-state index is 0.121. The fraction of sp³-hybridized carbons (Fsp3) is 0. The highest BCUT2D eigenvalue weighted by atomic mass is 19.1. The van der Waals surface area contributed by atoms with E-state index in [0.29, 0.717) is 11.1 Å². The average molecular weight is 215 g/mol. The lowest BCUT2D eigenvalue weighted by molar-refractivity contribution is 0.112. The molecule has 2 aromatic carbocycles. The summed E-state index contributed by atoms with van der Waals surface area (Å²) in [5, 5.41) is 0. The third-order valence-corrected chi connectivity index (χ3v) is 2.36. The van der Waals surface area contributed by atoms with Gasteiger partial charge in [-0.15, -0.1) is 0 Å². The Kier molecular flexibility index (Phi) is 2.68. The second-order valence-corrected chi connectivity index (χ2v) is 3.48. The van der Waals surface area contributed by atoms with Crippen molar-refractivity contribution in [2.75, 3.05) is 5.73 Å². The van der Waals surface area contributed by atoms with E-state index in [-0.39, 0.29) is 5.69 Å². The molecule has 0 aliphatic carbocycles. The van der Waals surface area contributed by atoms with Gasteiger partial charge < -0.3 is 5.73 Å². The molecule has 2 aromatic rings. The number of halogens is 1. The molecule has 0 saturated carbocycles. The summed E-state index contributed by atoms with van der Waals surface area (Å²) in [6.07, 6.45) is 0.761. The van der Waals surface area contributed by atoms with Crippen LogP contribution in [0, 0.1) is 5.82 Å². The van der Waals surface area contributed by atoms with Gasteiger partial charge in [0, 0.05) is 5.56 Å². The van der Waals surface area contributed by atoms with Gasteiger partial charge in [0.05, 0.1) is 5.69 Å². The molecule has 0 spiro atoms. The summed E-state index contributed by atoms with van der Waals surface area (Å²) >= 11 is 0. The second-order valence-electron chi connectivity index (χ2n) is 3.48. The van der Waals surface area contributed by atoms with Crippen LogP contribution in [0.25, 0.3) is 11.1 Å². The van der Waals surface area contributed by atoms with Crippen molar-refractivity contribution in [1.29, 1.82) is 0 Å². The quantitative estimate of drug-likeness (QED) is 0.618. The molecule has 0 amide bonds. The van der Waals surface area contributed by atoms with Crippen LogP contribution >= 0.6 is 0 Å². The van der Waals surface area contributed by atoms with E-state index < -0.39 is 5.82 Å². The fourth-order valence-corrected chi connectivity index (χ4v) is 1.50. The minimum atomic E-state index is -0.450. The molecule has 3 heteroatoms. The van der Waals surface area contributed by atoms with E-state index in [1.807, 2.05) is 6.07 Å². The molecule has 0 bridgehead atoms. The summed E-state index contributed by atoms with van der Waals surface area (Å²) in [5.74, 6) is -0.450. The molecule has 0 aliphatic rings. The second kappa shape index (κ2) is 4.14. The van der Waals surface area contributed by atoms with E-state index >= 15 is 0 Å². The van der Waals surface area contributed by atoms with E-state index in [1.54, 1.807) is 24.3 Å². The molecule has 2 nitrogen and oxygen atoms in total. The third-order valence-electron chi connectivity index (χ3n) is 2.36. The Balaban J connectivity index is 2.49. The van der Waals surface area contributed by atoms with Gasteiger partial charge in [0.2, 0.25) is 0 Å². The van der Waals surface area contributed by atoms with Gasteiger partial charge in [0.1, 0.15) is 12.1 Å². The number of benzene rings is 2. The van der Waals surface area contributed by atoms with Crippen molar-refractivity contribution < 1.29 is 9.18 Å². The summed E-state index contributed by atoms with van der Waals surface area (Å²) in [4.78, 5) is 10.6. The summed E-state index contributed by atoms with van der Waals surface area (Å²) in [6, 6.07) is 11.6. The summed E-state index contributed by atoms with van der Waals surface area (Å²) in [7, 11) is 0. The SMILES string of the molecule is Nc1ccc(-c2cccc(C=O)c2)cc1F. The van der Waals surface area contributed by atoms with Gasteiger partial charge in [0.25, 0.3) is 0 Å². The van der Waals surface area contributed by atoms with Crippen molar-refractivity contribution in [3.63, 3.8) is 0 Å². The average Bonchev–Trinajstić information content (AvgIpc) is 2.33. The van der Waals surface area contributed by atoms with Crippen LogP contribution in [0.4, 0.5) is 10.1 Å². The zero-order valence-electron chi connectivity index (χ0n) is 8.48. The predicted molar refractivity (Wildman–Crippen MR) is 61.6 cm³/mol. The van der Waals surface area contributed by atoms with Gasteiger partial charge in [0.15, 0.2) is 0 Å². The van der Waals surface area contributed by atoms with Gasteiger partial charge in [-0.25, -0.2) is 4.39 Å². The van der Waals surface area contributed by atoms with Gasteiger partial charge >= 0.3 is 0 Å². The van der Waals surface area contributed by atoms with E-state index in [0.717, 1.165) is 11.8 Å². The van der Waals surface area contributed by atoms with E-state index in [2.05, 4.69) is 0 Å². The zero-order valence-corrected chi connectivity index (χ0v) is 8.48. The predicted octanol–water partition coefficient (Wildman–Crippen LogP) is 2.89. The molecular formula is C13H10FNO. The Morgan fingerprint density at radius 1 is 1.06 bits per heavy atom. The van der Waals surface area contributed by atoms with E-state index in [1.165, 1.54) is 12.1 Å².